The van der Waals surface area contributed by atoms with E-state index < -0.39 is 0 Å². The molecule has 3 N–H and O–H groups in total. The van der Waals surface area contributed by atoms with Gasteiger partial charge in [0, 0.05) is 23.7 Å². The van der Waals surface area contributed by atoms with Crippen LogP contribution < -0.4 is 11.1 Å². The summed E-state index contributed by atoms with van der Waals surface area (Å²) in [6.07, 6.45) is 0.939. The van der Waals surface area contributed by atoms with Crippen molar-refractivity contribution in [2.45, 2.75) is 25.9 Å². The summed E-state index contributed by atoms with van der Waals surface area (Å²) in [6.45, 7) is 3.76. The SMILES string of the molecule is Cc1csc(CNCCC(N)c2ccccc2)n1. The first-order valence-electron chi connectivity index (χ1n) is 6.18. The molecule has 4 heteroatoms. The van der Waals surface area contributed by atoms with Crippen LogP contribution in [0.5, 0.6) is 0 Å². The second kappa shape index (κ2) is 6.64. The number of hydrogen-bond donors (Lipinski definition) is 2. The highest BCUT2D eigenvalue weighted by molar-refractivity contribution is 7.09. The molecule has 1 atom stereocenters. The number of rotatable bonds is 6. The van der Waals surface area contributed by atoms with E-state index in [0.29, 0.717) is 0 Å². The van der Waals surface area contributed by atoms with E-state index in [4.69, 9.17) is 5.73 Å². The molecule has 0 saturated carbocycles. The molecule has 96 valence electrons. The van der Waals surface area contributed by atoms with Gasteiger partial charge < -0.3 is 11.1 Å². The minimum atomic E-state index is 0.108. The average molecular weight is 261 g/mol. The number of aryl methyl sites for hydroxylation is 1. The molecule has 0 bridgehead atoms. The minimum Gasteiger partial charge on any atom is -0.324 e. The minimum absolute atomic E-state index is 0.108. The summed E-state index contributed by atoms with van der Waals surface area (Å²) in [7, 11) is 0. The Kier molecular flexibility index (Phi) is 4.87. The maximum absolute atomic E-state index is 6.13. The predicted molar refractivity (Wildman–Crippen MR) is 76.5 cm³/mol. The van der Waals surface area contributed by atoms with Gasteiger partial charge in [-0.3, -0.25) is 0 Å². The normalized spacial score (nSPS) is 12.6. The molecule has 1 unspecified atom stereocenters. The highest BCUT2D eigenvalue weighted by Crippen LogP contribution is 2.12. The summed E-state index contributed by atoms with van der Waals surface area (Å²) in [5.41, 5.74) is 8.42. The molecule has 2 aromatic rings. The van der Waals surface area contributed by atoms with Gasteiger partial charge in [-0.25, -0.2) is 4.98 Å². The van der Waals surface area contributed by atoms with Crippen molar-refractivity contribution in [3.8, 4) is 0 Å². The van der Waals surface area contributed by atoms with Crippen LogP contribution in [-0.2, 0) is 6.54 Å². The largest absolute Gasteiger partial charge is 0.324 e. The van der Waals surface area contributed by atoms with Crippen molar-refractivity contribution in [3.05, 3.63) is 52.0 Å². The standard InChI is InChI=1S/C14H19N3S/c1-11-10-18-14(17-11)9-16-8-7-13(15)12-5-3-2-4-6-12/h2-6,10,13,16H,7-9,15H2,1H3. The van der Waals surface area contributed by atoms with Crippen LogP contribution in [0.3, 0.4) is 0 Å². The number of nitrogens with zero attached hydrogens (tertiary/aromatic N) is 1. The van der Waals surface area contributed by atoms with Gasteiger partial charge in [0.15, 0.2) is 0 Å². The van der Waals surface area contributed by atoms with Gasteiger partial charge in [0.05, 0.1) is 0 Å². The van der Waals surface area contributed by atoms with E-state index in [9.17, 15) is 0 Å². The van der Waals surface area contributed by atoms with Crippen LogP contribution >= 0.6 is 11.3 Å². The van der Waals surface area contributed by atoms with Gasteiger partial charge in [0.25, 0.3) is 0 Å². The lowest BCUT2D eigenvalue weighted by Gasteiger charge is -2.11. The van der Waals surface area contributed by atoms with Gasteiger partial charge in [0.1, 0.15) is 5.01 Å². The van der Waals surface area contributed by atoms with Gasteiger partial charge in [0.2, 0.25) is 0 Å². The highest BCUT2D eigenvalue weighted by Gasteiger charge is 2.04. The monoisotopic (exact) mass is 261 g/mol. The van der Waals surface area contributed by atoms with E-state index >= 15 is 0 Å². The van der Waals surface area contributed by atoms with E-state index in [1.165, 1.54) is 5.56 Å². The molecule has 0 aliphatic heterocycles. The number of nitrogens with two attached hydrogens (primary N) is 1. The van der Waals surface area contributed by atoms with Crippen LogP contribution in [0.4, 0.5) is 0 Å². The molecule has 18 heavy (non-hydrogen) atoms. The van der Waals surface area contributed by atoms with Crippen LogP contribution in [0.25, 0.3) is 0 Å². The Hall–Kier alpha value is -1.23. The highest BCUT2D eigenvalue weighted by atomic mass is 32.1. The molecule has 1 aromatic carbocycles. The molecule has 0 aliphatic rings. The van der Waals surface area contributed by atoms with Gasteiger partial charge in [-0.1, -0.05) is 30.3 Å². The number of thiazole rings is 1. The molecule has 1 heterocycles. The van der Waals surface area contributed by atoms with E-state index in [-0.39, 0.29) is 6.04 Å². The summed E-state index contributed by atoms with van der Waals surface area (Å²) >= 11 is 1.70. The summed E-state index contributed by atoms with van der Waals surface area (Å²) < 4.78 is 0. The summed E-state index contributed by atoms with van der Waals surface area (Å²) in [4.78, 5) is 4.41. The van der Waals surface area contributed by atoms with Crippen LogP contribution in [-0.4, -0.2) is 11.5 Å². The van der Waals surface area contributed by atoms with Crippen molar-refractivity contribution in [1.82, 2.24) is 10.3 Å². The zero-order chi connectivity index (χ0) is 12.8. The van der Waals surface area contributed by atoms with E-state index in [1.54, 1.807) is 11.3 Å². The smallest absolute Gasteiger partial charge is 0.107 e. The summed E-state index contributed by atoms with van der Waals surface area (Å²) in [6, 6.07) is 10.3. The van der Waals surface area contributed by atoms with Crippen LogP contribution in [0.2, 0.25) is 0 Å². The van der Waals surface area contributed by atoms with Crippen molar-refractivity contribution in [1.29, 1.82) is 0 Å². The number of hydrogen-bond acceptors (Lipinski definition) is 4. The Morgan fingerprint density at radius 2 is 2.11 bits per heavy atom. The van der Waals surface area contributed by atoms with Crippen LogP contribution in [0.1, 0.15) is 28.7 Å². The Balaban J connectivity index is 1.69. The molecule has 3 nitrogen and oxygen atoms in total. The average Bonchev–Trinajstić information content (AvgIpc) is 2.81. The number of benzene rings is 1. The summed E-state index contributed by atoms with van der Waals surface area (Å²) in [5, 5.41) is 6.60. The summed E-state index contributed by atoms with van der Waals surface area (Å²) in [5.74, 6) is 0. The van der Waals surface area contributed by atoms with Crippen molar-refractivity contribution in [3.63, 3.8) is 0 Å². The van der Waals surface area contributed by atoms with Gasteiger partial charge in [-0.15, -0.1) is 11.3 Å². The van der Waals surface area contributed by atoms with E-state index in [1.807, 2.05) is 25.1 Å². The first kappa shape index (κ1) is 13.2. The zero-order valence-electron chi connectivity index (χ0n) is 10.6. The van der Waals surface area contributed by atoms with E-state index in [0.717, 1.165) is 30.2 Å². The maximum Gasteiger partial charge on any atom is 0.107 e. The lowest BCUT2D eigenvalue weighted by molar-refractivity contribution is 0.579. The molecule has 0 amide bonds. The van der Waals surface area contributed by atoms with Crippen molar-refractivity contribution >= 4 is 11.3 Å². The quantitative estimate of drug-likeness (QED) is 0.786. The Bertz CT molecular complexity index is 467. The molecule has 2 rings (SSSR count). The van der Waals surface area contributed by atoms with Gasteiger partial charge in [-0.05, 0) is 25.5 Å². The molecule has 0 radical (unpaired) electrons. The van der Waals surface area contributed by atoms with Crippen LogP contribution in [0, 0.1) is 6.92 Å². The lowest BCUT2D eigenvalue weighted by atomic mass is 10.1. The fraction of sp³-hybridized carbons (Fsp3) is 0.357. The first-order valence-corrected chi connectivity index (χ1v) is 7.06. The second-order valence-electron chi connectivity index (χ2n) is 4.37. The lowest BCUT2D eigenvalue weighted by Crippen LogP contribution is -2.20. The third-order valence-electron chi connectivity index (χ3n) is 2.80. The fourth-order valence-corrected chi connectivity index (χ4v) is 2.55. The van der Waals surface area contributed by atoms with Crippen molar-refractivity contribution in [2.75, 3.05) is 6.54 Å². The van der Waals surface area contributed by atoms with Crippen molar-refractivity contribution < 1.29 is 0 Å². The molecular weight excluding hydrogens is 242 g/mol. The molecular formula is C14H19N3S. The first-order chi connectivity index (χ1) is 8.75. The Labute approximate surface area is 112 Å². The Morgan fingerprint density at radius 1 is 1.33 bits per heavy atom. The van der Waals surface area contributed by atoms with Crippen LogP contribution in [0.15, 0.2) is 35.7 Å². The molecule has 0 fully saturated rings. The topological polar surface area (TPSA) is 50.9 Å². The molecule has 1 aromatic heterocycles. The third-order valence-corrected chi connectivity index (χ3v) is 3.77. The molecule has 0 saturated heterocycles. The molecule has 0 spiro atoms. The second-order valence-corrected chi connectivity index (χ2v) is 5.31. The third kappa shape index (κ3) is 3.91. The van der Waals surface area contributed by atoms with Gasteiger partial charge >= 0.3 is 0 Å². The maximum atomic E-state index is 6.13. The van der Waals surface area contributed by atoms with E-state index in [2.05, 4.69) is 27.8 Å². The zero-order valence-corrected chi connectivity index (χ0v) is 11.4. The fourth-order valence-electron chi connectivity index (χ4n) is 1.80. The Morgan fingerprint density at radius 3 is 2.78 bits per heavy atom. The number of aromatic nitrogens is 1. The molecule has 0 aliphatic carbocycles. The van der Waals surface area contributed by atoms with Crippen molar-refractivity contribution in [2.24, 2.45) is 5.73 Å². The van der Waals surface area contributed by atoms with Gasteiger partial charge in [-0.2, -0.15) is 0 Å². The number of nitrogens with one attached hydrogen (secondary N) is 1. The predicted octanol–water partition coefficient (Wildman–Crippen LogP) is 2.63.